The Bertz CT molecular complexity index is 1520. The number of amides is 2. The third-order valence-electron chi connectivity index (χ3n) is 7.39. The van der Waals surface area contributed by atoms with Crippen molar-refractivity contribution < 1.29 is 18.0 Å². The lowest BCUT2D eigenvalue weighted by Gasteiger charge is -2.33. The number of hydrogen-bond donors (Lipinski definition) is 1. The third-order valence-corrected chi connectivity index (χ3v) is 9.31. The molecule has 10 heteroatoms. The van der Waals surface area contributed by atoms with E-state index in [4.69, 9.17) is 23.2 Å². The molecule has 2 unspecified atom stereocenters. The van der Waals surface area contributed by atoms with Crippen LogP contribution < -0.4 is 9.62 Å². The Morgan fingerprint density at radius 2 is 1.63 bits per heavy atom. The number of benzene rings is 3. The van der Waals surface area contributed by atoms with E-state index in [9.17, 15) is 18.0 Å². The minimum Gasteiger partial charge on any atom is -0.352 e. The molecule has 0 aliphatic carbocycles. The standard InChI is InChI=1S/C33H41Cl2N3O4S/c1-6-25(4)36-33(40)31(21-26-11-8-7-9-12-26)37(22-27-16-17-28(34)29(35)20-27)32(39)13-10-18-38(43(5,41)42)30-19-23(2)14-15-24(30)3/h7-9,11-12,14-17,19-20,25,31H,6,10,13,18,21-22H2,1-5H3,(H,36,40). The maximum absolute atomic E-state index is 14.0. The monoisotopic (exact) mass is 645 g/mol. The molecular formula is C33H41Cl2N3O4S. The van der Waals surface area contributed by atoms with Gasteiger partial charge in [0.1, 0.15) is 6.04 Å². The molecule has 3 rings (SSSR count). The number of sulfonamides is 1. The fraction of sp³-hybridized carbons (Fsp3) is 0.394. The highest BCUT2D eigenvalue weighted by Crippen LogP contribution is 2.26. The van der Waals surface area contributed by atoms with E-state index >= 15 is 0 Å². The SMILES string of the molecule is CCC(C)NC(=O)C(Cc1ccccc1)N(Cc1ccc(Cl)c(Cl)c1)C(=O)CCCN(c1cc(C)ccc1C)S(C)(=O)=O. The lowest BCUT2D eigenvalue weighted by Crippen LogP contribution is -2.52. The number of rotatable bonds is 14. The summed E-state index contributed by atoms with van der Waals surface area (Å²) in [4.78, 5) is 29.3. The zero-order chi connectivity index (χ0) is 31.7. The summed E-state index contributed by atoms with van der Waals surface area (Å²) in [6.07, 6.45) is 2.53. The minimum atomic E-state index is -3.60. The molecule has 0 aliphatic rings. The molecule has 232 valence electrons. The Kier molecular flexibility index (Phi) is 12.5. The van der Waals surface area contributed by atoms with Crippen molar-refractivity contribution in [2.45, 2.75) is 72.0 Å². The molecule has 0 radical (unpaired) electrons. The molecule has 43 heavy (non-hydrogen) atoms. The van der Waals surface area contributed by atoms with Crippen molar-refractivity contribution in [3.63, 3.8) is 0 Å². The van der Waals surface area contributed by atoms with Gasteiger partial charge in [0.15, 0.2) is 0 Å². The van der Waals surface area contributed by atoms with E-state index in [1.807, 2.05) is 76.2 Å². The number of hydrogen-bond acceptors (Lipinski definition) is 4. The van der Waals surface area contributed by atoms with Gasteiger partial charge in [0.05, 0.1) is 22.0 Å². The van der Waals surface area contributed by atoms with Crippen LogP contribution in [0.2, 0.25) is 10.0 Å². The van der Waals surface area contributed by atoms with E-state index in [0.29, 0.717) is 22.2 Å². The second-order valence-corrected chi connectivity index (χ2v) is 13.7. The number of halogens is 2. The fourth-order valence-corrected chi connectivity index (χ4v) is 6.14. The molecule has 0 bridgehead atoms. The Morgan fingerprint density at radius 1 is 0.930 bits per heavy atom. The summed E-state index contributed by atoms with van der Waals surface area (Å²) < 4.78 is 26.9. The largest absolute Gasteiger partial charge is 0.352 e. The number of carbonyl (C=O) groups is 2. The van der Waals surface area contributed by atoms with Crippen LogP contribution in [0.25, 0.3) is 0 Å². The van der Waals surface area contributed by atoms with Gasteiger partial charge in [0.25, 0.3) is 0 Å². The zero-order valence-electron chi connectivity index (χ0n) is 25.4. The zero-order valence-corrected chi connectivity index (χ0v) is 27.8. The lowest BCUT2D eigenvalue weighted by atomic mass is 10.0. The van der Waals surface area contributed by atoms with Gasteiger partial charge >= 0.3 is 0 Å². The molecule has 3 aromatic carbocycles. The van der Waals surface area contributed by atoms with Crippen molar-refractivity contribution in [1.82, 2.24) is 10.2 Å². The summed E-state index contributed by atoms with van der Waals surface area (Å²) in [6, 6.07) is 19.5. The Balaban J connectivity index is 1.93. The smallest absolute Gasteiger partial charge is 0.243 e. The molecule has 0 heterocycles. The van der Waals surface area contributed by atoms with Crippen molar-refractivity contribution >= 4 is 50.7 Å². The summed E-state index contributed by atoms with van der Waals surface area (Å²) in [5, 5.41) is 3.80. The Morgan fingerprint density at radius 3 is 2.26 bits per heavy atom. The molecule has 1 N–H and O–H groups in total. The van der Waals surface area contributed by atoms with Crippen LogP contribution in [0.4, 0.5) is 5.69 Å². The van der Waals surface area contributed by atoms with E-state index in [2.05, 4.69) is 5.32 Å². The fourth-order valence-electron chi connectivity index (χ4n) is 4.80. The van der Waals surface area contributed by atoms with Crippen LogP contribution in [0.5, 0.6) is 0 Å². The summed E-state index contributed by atoms with van der Waals surface area (Å²) >= 11 is 12.5. The predicted octanol–water partition coefficient (Wildman–Crippen LogP) is 6.71. The number of nitrogens with zero attached hydrogens (tertiary/aromatic N) is 2. The quantitative estimate of drug-likeness (QED) is 0.211. The van der Waals surface area contributed by atoms with Crippen molar-refractivity contribution in [1.29, 1.82) is 0 Å². The maximum Gasteiger partial charge on any atom is 0.243 e. The normalized spacial score (nSPS) is 12.8. The first-order valence-electron chi connectivity index (χ1n) is 14.4. The van der Waals surface area contributed by atoms with Gasteiger partial charge in [-0.2, -0.15) is 0 Å². The van der Waals surface area contributed by atoms with Crippen LogP contribution in [0.3, 0.4) is 0 Å². The summed E-state index contributed by atoms with van der Waals surface area (Å²) in [7, 11) is -3.60. The number of anilines is 1. The van der Waals surface area contributed by atoms with Gasteiger partial charge in [-0.05, 0) is 74.1 Å². The van der Waals surface area contributed by atoms with Crippen LogP contribution in [0.1, 0.15) is 55.4 Å². The Hall–Kier alpha value is -3.07. The minimum absolute atomic E-state index is 0.0418. The van der Waals surface area contributed by atoms with Gasteiger partial charge in [-0.25, -0.2) is 8.42 Å². The second kappa shape index (κ2) is 15.6. The second-order valence-electron chi connectivity index (χ2n) is 11.0. The van der Waals surface area contributed by atoms with Crippen LogP contribution in [-0.4, -0.2) is 50.0 Å². The molecule has 3 aromatic rings. The lowest BCUT2D eigenvalue weighted by molar-refractivity contribution is -0.141. The first-order valence-corrected chi connectivity index (χ1v) is 17.0. The van der Waals surface area contributed by atoms with Crippen molar-refractivity contribution in [2.24, 2.45) is 0 Å². The Labute approximate surface area is 266 Å². The van der Waals surface area contributed by atoms with E-state index in [1.54, 1.807) is 23.1 Å². The van der Waals surface area contributed by atoms with Crippen molar-refractivity contribution in [3.05, 3.63) is 99.0 Å². The van der Waals surface area contributed by atoms with Crippen molar-refractivity contribution in [2.75, 3.05) is 17.1 Å². The van der Waals surface area contributed by atoms with E-state index < -0.39 is 16.1 Å². The van der Waals surface area contributed by atoms with Gasteiger partial charge in [-0.3, -0.25) is 13.9 Å². The van der Waals surface area contributed by atoms with Crippen LogP contribution in [-0.2, 0) is 32.6 Å². The highest BCUT2D eigenvalue weighted by Gasteiger charge is 2.31. The molecular weight excluding hydrogens is 605 g/mol. The highest BCUT2D eigenvalue weighted by molar-refractivity contribution is 7.92. The maximum atomic E-state index is 14.0. The molecule has 0 aromatic heterocycles. The molecule has 0 aliphatic heterocycles. The first kappa shape index (κ1) is 34.4. The van der Waals surface area contributed by atoms with E-state index in [-0.39, 0.29) is 43.8 Å². The van der Waals surface area contributed by atoms with Gasteiger partial charge < -0.3 is 10.2 Å². The third kappa shape index (κ3) is 9.98. The average molecular weight is 647 g/mol. The van der Waals surface area contributed by atoms with E-state index in [1.165, 1.54) is 10.6 Å². The van der Waals surface area contributed by atoms with Gasteiger partial charge in [-0.15, -0.1) is 0 Å². The molecule has 0 spiro atoms. The number of carbonyl (C=O) groups excluding carboxylic acids is 2. The summed E-state index contributed by atoms with van der Waals surface area (Å²) in [6.45, 7) is 7.94. The average Bonchev–Trinajstić information content (AvgIpc) is 2.96. The van der Waals surface area contributed by atoms with Crippen LogP contribution in [0.15, 0.2) is 66.7 Å². The number of nitrogens with one attached hydrogen (secondary N) is 1. The molecule has 2 amide bonds. The number of aryl methyl sites for hydroxylation is 2. The van der Waals surface area contributed by atoms with Crippen LogP contribution >= 0.6 is 23.2 Å². The summed E-state index contributed by atoms with van der Waals surface area (Å²) in [5.74, 6) is -0.513. The molecule has 0 fully saturated rings. The van der Waals surface area contributed by atoms with Gasteiger partial charge in [-0.1, -0.05) is 78.7 Å². The topological polar surface area (TPSA) is 86.8 Å². The first-order chi connectivity index (χ1) is 20.3. The van der Waals surface area contributed by atoms with E-state index in [0.717, 1.165) is 28.7 Å². The molecule has 7 nitrogen and oxygen atoms in total. The summed E-state index contributed by atoms with van der Waals surface area (Å²) in [5.41, 5.74) is 4.00. The van der Waals surface area contributed by atoms with Gasteiger partial charge in [0.2, 0.25) is 21.8 Å². The molecule has 2 atom stereocenters. The highest BCUT2D eigenvalue weighted by atomic mass is 35.5. The molecule has 0 saturated heterocycles. The predicted molar refractivity (Wildman–Crippen MR) is 176 cm³/mol. The van der Waals surface area contributed by atoms with Crippen LogP contribution in [0, 0.1) is 13.8 Å². The molecule has 0 saturated carbocycles. The van der Waals surface area contributed by atoms with Gasteiger partial charge in [0, 0.05) is 32.0 Å². The van der Waals surface area contributed by atoms with Crippen molar-refractivity contribution in [3.8, 4) is 0 Å².